The lowest BCUT2D eigenvalue weighted by atomic mass is 9.86. The van der Waals surface area contributed by atoms with Crippen LogP contribution >= 0.6 is 36.2 Å². The van der Waals surface area contributed by atoms with Crippen molar-refractivity contribution in [2.45, 2.75) is 18.9 Å². The van der Waals surface area contributed by atoms with Crippen molar-refractivity contribution in [1.82, 2.24) is 10.2 Å². The first-order chi connectivity index (χ1) is 10.3. The Labute approximate surface area is 152 Å². The summed E-state index contributed by atoms with van der Waals surface area (Å²) in [5.41, 5.74) is 1.11. The quantitative estimate of drug-likeness (QED) is 0.639. The summed E-state index contributed by atoms with van der Waals surface area (Å²) in [5.74, 6) is 0.533. The molecule has 132 valence electrons. The van der Waals surface area contributed by atoms with Crippen LogP contribution < -0.4 is 5.32 Å². The molecule has 2 aliphatic heterocycles. The summed E-state index contributed by atoms with van der Waals surface area (Å²) in [4.78, 5) is 13.2. The molecule has 6 nitrogen and oxygen atoms in total. The number of halogens is 2. The second kappa shape index (κ2) is 9.76. The number of thiophene rings is 1. The first-order valence-corrected chi connectivity index (χ1v) is 8.39. The average molecular weight is 384 g/mol. The van der Waals surface area contributed by atoms with Crippen molar-refractivity contribution >= 4 is 41.2 Å². The highest BCUT2D eigenvalue weighted by molar-refractivity contribution is 7.13. The van der Waals surface area contributed by atoms with Crippen molar-refractivity contribution in [2.24, 2.45) is 5.92 Å². The van der Waals surface area contributed by atoms with Gasteiger partial charge in [-0.1, -0.05) is 11.3 Å². The first kappa shape index (κ1) is 20.6. The van der Waals surface area contributed by atoms with Crippen LogP contribution in [0.5, 0.6) is 0 Å². The number of nitrogens with zero attached hydrogens (tertiary/aromatic N) is 2. The molecule has 1 N–H and O–H groups in total. The minimum absolute atomic E-state index is 0. The van der Waals surface area contributed by atoms with E-state index in [-0.39, 0.29) is 34.7 Å². The summed E-state index contributed by atoms with van der Waals surface area (Å²) in [7, 11) is 0. The van der Waals surface area contributed by atoms with Crippen molar-refractivity contribution in [3.05, 3.63) is 27.1 Å². The largest absolute Gasteiger partial charge is 0.381 e. The van der Waals surface area contributed by atoms with Crippen LogP contribution in [0.25, 0.3) is 0 Å². The fourth-order valence-corrected chi connectivity index (χ4v) is 4.12. The van der Waals surface area contributed by atoms with Crippen molar-refractivity contribution in [3.63, 3.8) is 0 Å². The van der Waals surface area contributed by atoms with Gasteiger partial charge in [-0.3, -0.25) is 15.0 Å². The Morgan fingerprint density at radius 1 is 1.30 bits per heavy atom. The highest BCUT2D eigenvalue weighted by atomic mass is 35.5. The normalized spacial score (nSPS) is 21.0. The molecule has 0 aromatic carbocycles. The smallest absolute Gasteiger partial charge is 0.324 e. The van der Waals surface area contributed by atoms with Crippen LogP contribution in [0, 0.1) is 16.0 Å². The molecule has 9 heteroatoms. The second-order valence-electron chi connectivity index (χ2n) is 5.66. The van der Waals surface area contributed by atoms with Crippen LogP contribution in [0.15, 0.2) is 11.4 Å². The third-order valence-electron chi connectivity index (χ3n) is 4.38. The zero-order chi connectivity index (χ0) is 14.7. The molecule has 1 aromatic heterocycles. The average Bonchev–Trinajstić information content (AvgIpc) is 3.00. The maximum atomic E-state index is 11.0. The predicted octanol–water partition coefficient (Wildman–Crippen LogP) is 2.87. The summed E-state index contributed by atoms with van der Waals surface area (Å²) in [5, 5.41) is 16.6. The van der Waals surface area contributed by atoms with Gasteiger partial charge in [-0.15, -0.1) is 24.8 Å². The van der Waals surface area contributed by atoms with Gasteiger partial charge in [0, 0.05) is 56.9 Å². The SMILES string of the molecule is Cl.Cl.O=[N+]([O-])c1cc([C@H](C2CCOCC2)N2CCNCC2)cs1. The van der Waals surface area contributed by atoms with Crippen LogP contribution in [0.3, 0.4) is 0 Å². The number of nitro groups is 1. The molecule has 0 bridgehead atoms. The van der Waals surface area contributed by atoms with Gasteiger partial charge in [0.05, 0.1) is 4.92 Å². The summed E-state index contributed by atoms with van der Waals surface area (Å²) >= 11 is 1.24. The van der Waals surface area contributed by atoms with Gasteiger partial charge in [0.2, 0.25) is 0 Å². The Balaban J connectivity index is 0.00000132. The molecule has 0 unspecified atom stereocenters. The van der Waals surface area contributed by atoms with E-state index in [2.05, 4.69) is 10.2 Å². The van der Waals surface area contributed by atoms with Gasteiger partial charge in [-0.25, -0.2) is 0 Å². The summed E-state index contributed by atoms with van der Waals surface area (Å²) < 4.78 is 5.48. The molecule has 0 saturated carbocycles. The second-order valence-corrected chi connectivity index (χ2v) is 6.55. The van der Waals surface area contributed by atoms with Crippen LogP contribution in [0.4, 0.5) is 5.00 Å². The fraction of sp³-hybridized carbons (Fsp3) is 0.714. The van der Waals surface area contributed by atoms with E-state index < -0.39 is 0 Å². The molecular formula is C14H23Cl2N3O3S. The summed E-state index contributed by atoms with van der Waals surface area (Å²) in [6.45, 7) is 5.61. The number of ether oxygens (including phenoxy) is 1. The molecule has 2 saturated heterocycles. The third-order valence-corrected chi connectivity index (χ3v) is 5.28. The molecule has 2 aliphatic rings. The number of hydrogen-bond donors (Lipinski definition) is 1. The number of piperazine rings is 1. The zero-order valence-corrected chi connectivity index (χ0v) is 15.3. The topological polar surface area (TPSA) is 67.6 Å². The van der Waals surface area contributed by atoms with Gasteiger partial charge in [0.1, 0.15) is 0 Å². The molecule has 3 rings (SSSR count). The van der Waals surface area contributed by atoms with Gasteiger partial charge in [-0.2, -0.15) is 0 Å². The van der Waals surface area contributed by atoms with E-state index in [0.29, 0.717) is 12.0 Å². The molecule has 3 heterocycles. The molecule has 1 aromatic rings. The van der Waals surface area contributed by atoms with E-state index in [1.807, 2.05) is 5.38 Å². The standard InChI is InChI=1S/C14H21N3O3S.2ClH/c18-17(19)13-9-12(10-21-13)14(11-1-7-20-8-2-11)16-5-3-15-4-6-16;;/h9-11,14-15H,1-8H2;2*1H/t14-;;/m0../s1. The number of hydrogen-bond acceptors (Lipinski definition) is 6. The van der Waals surface area contributed by atoms with Crippen molar-refractivity contribution in [1.29, 1.82) is 0 Å². The number of nitrogens with one attached hydrogen (secondary N) is 1. The van der Waals surface area contributed by atoms with Crippen LogP contribution in [0.2, 0.25) is 0 Å². The lowest BCUT2D eigenvalue weighted by Crippen LogP contribution is -2.47. The fourth-order valence-electron chi connectivity index (χ4n) is 3.36. The Morgan fingerprint density at radius 3 is 2.52 bits per heavy atom. The molecular weight excluding hydrogens is 361 g/mol. The summed E-state index contributed by atoms with van der Waals surface area (Å²) in [6, 6.07) is 2.06. The number of rotatable bonds is 4. The molecule has 0 amide bonds. The van der Waals surface area contributed by atoms with E-state index in [1.165, 1.54) is 11.3 Å². The van der Waals surface area contributed by atoms with E-state index in [1.54, 1.807) is 6.07 Å². The highest BCUT2D eigenvalue weighted by Gasteiger charge is 2.32. The van der Waals surface area contributed by atoms with Gasteiger partial charge in [0.25, 0.3) is 0 Å². The Hall–Kier alpha value is -0.440. The van der Waals surface area contributed by atoms with Gasteiger partial charge >= 0.3 is 5.00 Å². The van der Waals surface area contributed by atoms with Crippen molar-refractivity contribution in [3.8, 4) is 0 Å². The van der Waals surface area contributed by atoms with Crippen molar-refractivity contribution < 1.29 is 9.66 Å². The molecule has 0 radical (unpaired) electrons. The Bertz CT molecular complexity index is 473. The minimum Gasteiger partial charge on any atom is -0.381 e. The molecule has 0 aliphatic carbocycles. The predicted molar refractivity (Wildman–Crippen MR) is 96.2 cm³/mol. The molecule has 2 fully saturated rings. The van der Waals surface area contributed by atoms with Crippen molar-refractivity contribution in [2.75, 3.05) is 39.4 Å². The highest BCUT2D eigenvalue weighted by Crippen LogP contribution is 2.38. The lowest BCUT2D eigenvalue weighted by Gasteiger charge is -2.40. The van der Waals surface area contributed by atoms with Crippen LogP contribution in [0.1, 0.15) is 24.4 Å². The van der Waals surface area contributed by atoms with Gasteiger partial charge in [0.15, 0.2) is 0 Å². The molecule has 1 atom stereocenters. The van der Waals surface area contributed by atoms with E-state index in [0.717, 1.165) is 57.8 Å². The third kappa shape index (κ3) is 5.01. The maximum absolute atomic E-state index is 11.0. The van der Waals surface area contributed by atoms with E-state index >= 15 is 0 Å². The first-order valence-electron chi connectivity index (χ1n) is 7.51. The molecule has 0 spiro atoms. The minimum atomic E-state index is -0.285. The molecule has 23 heavy (non-hydrogen) atoms. The lowest BCUT2D eigenvalue weighted by molar-refractivity contribution is -0.380. The van der Waals surface area contributed by atoms with Crippen LogP contribution in [-0.2, 0) is 4.74 Å². The van der Waals surface area contributed by atoms with Crippen LogP contribution in [-0.4, -0.2) is 49.2 Å². The van der Waals surface area contributed by atoms with Gasteiger partial charge < -0.3 is 10.1 Å². The maximum Gasteiger partial charge on any atom is 0.324 e. The Kier molecular flexibility index (Phi) is 8.74. The van der Waals surface area contributed by atoms with E-state index in [4.69, 9.17) is 4.74 Å². The Morgan fingerprint density at radius 2 is 1.96 bits per heavy atom. The van der Waals surface area contributed by atoms with Gasteiger partial charge in [-0.05, 0) is 24.3 Å². The summed E-state index contributed by atoms with van der Waals surface area (Å²) in [6.07, 6.45) is 2.08. The van der Waals surface area contributed by atoms with E-state index in [9.17, 15) is 10.1 Å². The monoisotopic (exact) mass is 383 g/mol. The zero-order valence-electron chi connectivity index (χ0n) is 12.8.